The molecular weight excluding hydrogens is 855 g/mol. The summed E-state index contributed by atoms with van der Waals surface area (Å²) in [7, 11) is 0. The van der Waals surface area contributed by atoms with Crippen molar-refractivity contribution in [1.82, 2.24) is 24.5 Å². The van der Waals surface area contributed by atoms with Crippen molar-refractivity contribution in [2.24, 2.45) is 0 Å². The molecule has 0 aliphatic rings. The first-order valence-electron chi connectivity index (χ1n) is 22.4. The minimum Gasteiger partial charge on any atom is -0.278 e. The van der Waals surface area contributed by atoms with Gasteiger partial charge in [-0.25, -0.2) is 19.9 Å². The minimum atomic E-state index is 0.650. The molecule has 0 unspecified atom stereocenters. The molecule has 5 aromatic heterocycles. The highest BCUT2D eigenvalue weighted by Crippen LogP contribution is 2.43. The molecule has 9 aromatic carbocycles. The van der Waals surface area contributed by atoms with Crippen LogP contribution in [0.3, 0.4) is 0 Å². The topological polar surface area (TPSA) is 56.5 Å². The van der Waals surface area contributed by atoms with E-state index >= 15 is 0 Å². The third-order valence-corrected chi connectivity index (χ3v) is 15.4. The Hall–Kier alpha value is -8.36. The largest absolute Gasteiger partial charge is 0.278 e. The second-order valence-corrected chi connectivity index (χ2v) is 19.1. The van der Waals surface area contributed by atoms with Crippen LogP contribution in [0.4, 0.5) is 0 Å². The normalized spacial score (nSPS) is 11.9. The Balaban J connectivity index is 0.931. The fourth-order valence-corrected chi connectivity index (χ4v) is 12.0. The van der Waals surface area contributed by atoms with Crippen molar-refractivity contribution in [3.8, 4) is 61.4 Å². The summed E-state index contributed by atoms with van der Waals surface area (Å²) in [4.78, 5) is 22.3. The average Bonchev–Trinajstić information content (AvgIpc) is 4.10. The van der Waals surface area contributed by atoms with Crippen LogP contribution in [0, 0.1) is 0 Å². The van der Waals surface area contributed by atoms with Crippen molar-refractivity contribution in [3.63, 3.8) is 0 Å². The number of thiophene rings is 2. The maximum atomic E-state index is 5.35. The van der Waals surface area contributed by atoms with Crippen LogP contribution in [0.5, 0.6) is 0 Å². The third-order valence-electron chi connectivity index (χ3n) is 13.0. The monoisotopic (exact) mass is 889 g/mol. The first-order valence-corrected chi connectivity index (χ1v) is 24.0. The number of aromatic nitrogens is 5. The quantitative estimate of drug-likeness (QED) is 0.167. The van der Waals surface area contributed by atoms with Crippen LogP contribution >= 0.6 is 22.7 Å². The van der Waals surface area contributed by atoms with E-state index in [0.717, 1.165) is 82.6 Å². The van der Waals surface area contributed by atoms with Gasteiger partial charge in [0.25, 0.3) is 0 Å². The van der Waals surface area contributed by atoms with Crippen molar-refractivity contribution in [3.05, 3.63) is 212 Å². The van der Waals surface area contributed by atoms with Gasteiger partial charge in [0, 0.05) is 57.9 Å². The molecule has 0 aliphatic heterocycles. The standard InChI is InChI=1S/C60H35N5S2/c1-4-15-37(16-5-1)54-35-49-58(67-54)57(39-19-8-3-9-20-39)63-59(61-49)42-27-31-53-46(34-42)45-32-41(26-30-52(45)66-53)40-25-28-50-47(33-40)55-43-21-11-10-14-36(43)24-29-51(55)65(50)60-62-48-23-13-12-22-44(48)56(64-60)38-17-6-2-7-18-38/h1-35H. The Morgan fingerprint density at radius 2 is 0.940 bits per heavy atom. The van der Waals surface area contributed by atoms with Crippen molar-refractivity contribution < 1.29 is 0 Å². The van der Waals surface area contributed by atoms with Crippen molar-refractivity contribution in [2.45, 2.75) is 0 Å². The molecule has 0 aliphatic carbocycles. The Morgan fingerprint density at radius 1 is 0.343 bits per heavy atom. The molecule has 5 heterocycles. The zero-order valence-electron chi connectivity index (χ0n) is 35.8. The molecule has 0 saturated carbocycles. The Labute approximate surface area is 392 Å². The van der Waals surface area contributed by atoms with Gasteiger partial charge in [-0.3, -0.25) is 4.57 Å². The van der Waals surface area contributed by atoms with E-state index in [1.165, 1.54) is 46.8 Å². The number of benzene rings is 9. The summed E-state index contributed by atoms with van der Waals surface area (Å²) in [6.45, 7) is 0. The van der Waals surface area contributed by atoms with Crippen molar-refractivity contribution in [2.75, 3.05) is 0 Å². The second kappa shape index (κ2) is 15.1. The lowest BCUT2D eigenvalue weighted by atomic mass is 9.99. The molecule has 67 heavy (non-hydrogen) atoms. The van der Waals surface area contributed by atoms with E-state index in [9.17, 15) is 0 Å². The van der Waals surface area contributed by atoms with E-state index in [1.807, 2.05) is 17.4 Å². The lowest BCUT2D eigenvalue weighted by molar-refractivity contribution is 1.01. The van der Waals surface area contributed by atoms with Crippen LogP contribution in [0.25, 0.3) is 135 Å². The van der Waals surface area contributed by atoms with Crippen LogP contribution in [-0.2, 0) is 0 Å². The number of fused-ring (bicyclic) bond motifs is 10. The summed E-state index contributed by atoms with van der Waals surface area (Å²) in [5.74, 6) is 1.37. The average molecular weight is 890 g/mol. The van der Waals surface area contributed by atoms with Gasteiger partial charge in [0.05, 0.1) is 38.2 Å². The molecule has 0 saturated heterocycles. The van der Waals surface area contributed by atoms with E-state index in [0.29, 0.717) is 5.95 Å². The molecule has 14 rings (SSSR count). The fourth-order valence-electron chi connectivity index (χ4n) is 9.86. The lowest BCUT2D eigenvalue weighted by Gasteiger charge is -2.12. The SMILES string of the molecule is c1ccc(-c2cc3nc(-c4ccc5sc6ccc(-c7ccc8c(c7)c7c9ccccc9ccc7n8-c7nc(-c8ccccc8)c8ccccc8n7)cc6c5c4)nc(-c4ccccc4)c3s2)cc1. The van der Waals surface area contributed by atoms with E-state index < -0.39 is 0 Å². The highest BCUT2D eigenvalue weighted by molar-refractivity contribution is 7.25. The molecule has 0 radical (unpaired) electrons. The van der Waals surface area contributed by atoms with Crippen LogP contribution in [0.15, 0.2) is 212 Å². The Bertz CT molecular complexity index is 4270. The predicted molar refractivity (Wildman–Crippen MR) is 282 cm³/mol. The molecule has 0 spiro atoms. The second-order valence-electron chi connectivity index (χ2n) is 17.0. The van der Waals surface area contributed by atoms with E-state index in [2.05, 4.69) is 211 Å². The number of hydrogen-bond donors (Lipinski definition) is 0. The van der Waals surface area contributed by atoms with Gasteiger partial charge in [-0.05, 0) is 88.1 Å². The van der Waals surface area contributed by atoms with Crippen molar-refractivity contribution >= 4 is 96.5 Å². The van der Waals surface area contributed by atoms with Gasteiger partial charge in [0.1, 0.15) is 0 Å². The minimum absolute atomic E-state index is 0.650. The van der Waals surface area contributed by atoms with E-state index in [4.69, 9.17) is 19.9 Å². The third kappa shape index (κ3) is 6.20. The smallest absolute Gasteiger partial charge is 0.235 e. The van der Waals surface area contributed by atoms with Crippen molar-refractivity contribution in [1.29, 1.82) is 0 Å². The summed E-state index contributed by atoms with van der Waals surface area (Å²) in [5, 5.41) is 8.19. The van der Waals surface area contributed by atoms with Gasteiger partial charge < -0.3 is 0 Å². The summed E-state index contributed by atoms with van der Waals surface area (Å²) in [6.07, 6.45) is 0. The van der Waals surface area contributed by atoms with Crippen LogP contribution in [0.2, 0.25) is 0 Å². The zero-order chi connectivity index (χ0) is 44.0. The molecule has 0 amide bonds. The first-order chi connectivity index (χ1) is 33.2. The number of para-hydroxylation sites is 1. The van der Waals surface area contributed by atoms with Gasteiger partial charge in [-0.15, -0.1) is 22.7 Å². The molecular formula is C60H35N5S2. The molecule has 312 valence electrons. The Kier molecular flexibility index (Phi) is 8.56. The van der Waals surface area contributed by atoms with Gasteiger partial charge in [0.2, 0.25) is 5.95 Å². The number of rotatable bonds is 6. The van der Waals surface area contributed by atoms with E-state index in [-0.39, 0.29) is 0 Å². The predicted octanol–water partition coefficient (Wildman–Crippen LogP) is 16.6. The number of nitrogens with zero attached hydrogens (tertiary/aromatic N) is 5. The molecule has 14 aromatic rings. The zero-order valence-corrected chi connectivity index (χ0v) is 37.4. The maximum Gasteiger partial charge on any atom is 0.235 e. The first kappa shape index (κ1) is 38.0. The van der Waals surface area contributed by atoms with Crippen LogP contribution < -0.4 is 0 Å². The maximum absolute atomic E-state index is 5.35. The summed E-state index contributed by atoms with van der Waals surface area (Å²) < 4.78 is 5.82. The molecule has 0 bridgehead atoms. The highest BCUT2D eigenvalue weighted by Gasteiger charge is 2.21. The van der Waals surface area contributed by atoms with Gasteiger partial charge in [-0.1, -0.05) is 152 Å². The lowest BCUT2D eigenvalue weighted by Crippen LogP contribution is -2.03. The van der Waals surface area contributed by atoms with E-state index in [1.54, 1.807) is 11.3 Å². The van der Waals surface area contributed by atoms with Crippen LogP contribution in [-0.4, -0.2) is 24.5 Å². The van der Waals surface area contributed by atoms with Gasteiger partial charge in [-0.2, -0.15) is 0 Å². The molecule has 5 nitrogen and oxygen atoms in total. The highest BCUT2D eigenvalue weighted by atomic mass is 32.1. The fraction of sp³-hybridized carbons (Fsp3) is 0. The molecule has 0 fully saturated rings. The molecule has 0 atom stereocenters. The summed E-state index contributed by atoms with van der Waals surface area (Å²) in [5.41, 5.74) is 12.5. The summed E-state index contributed by atoms with van der Waals surface area (Å²) in [6, 6.07) is 75.6. The Morgan fingerprint density at radius 3 is 1.70 bits per heavy atom. The molecule has 7 heteroatoms. The summed E-state index contributed by atoms with van der Waals surface area (Å²) >= 11 is 3.58. The van der Waals surface area contributed by atoms with Gasteiger partial charge in [0.15, 0.2) is 5.82 Å². The van der Waals surface area contributed by atoms with Crippen LogP contribution in [0.1, 0.15) is 0 Å². The molecule has 0 N–H and O–H groups in total. The number of hydrogen-bond acceptors (Lipinski definition) is 6. The van der Waals surface area contributed by atoms with Gasteiger partial charge >= 0.3 is 0 Å².